The van der Waals surface area contributed by atoms with Crippen molar-refractivity contribution in [2.24, 2.45) is 0 Å². The first-order valence-corrected chi connectivity index (χ1v) is 22.8. The summed E-state index contributed by atoms with van der Waals surface area (Å²) in [6.07, 6.45) is 0. The predicted molar refractivity (Wildman–Crippen MR) is 266 cm³/mol. The van der Waals surface area contributed by atoms with Crippen LogP contribution in [0.25, 0.3) is 77.2 Å². The van der Waals surface area contributed by atoms with Crippen LogP contribution in [0.2, 0.25) is 0 Å². The molecule has 65 heavy (non-hydrogen) atoms. The molecule has 15 rings (SSSR count). The van der Waals surface area contributed by atoms with Crippen molar-refractivity contribution in [2.45, 2.75) is 10.8 Å². The highest BCUT2D eigenvalue weighted by Crippen LogP contribution is 2.66. The lowest BCUT2D eigenvalue weighted by molar-refractivity contribution is 0.442. The molecule has 0 N–H and O–H groups in total. The van der Waals surface area contributed by atoms with Crippen LogP contribution in [0.4, 0.5) is 0 Å². The van der Waals surface area contributed by atoms with Gasteiger partial charge in [-0.15, -0.1) is 0 Å². The Balaban J connectivity index is 1.03. The molecule has 0 aromatic heterocycles. The molecule has 1 nitrogen and oxygen atoms in total. The van der Waals surface area contributed by atoms with Gasteiger partial charge in [-0.1, -0.05) is 206 Å². The molecule has 1 atom stereocenters. The average molecular weight is 823 g/mol. The minimum absolute atomic E-state index is 0.467. The molecule has 3 aliphatic carbocycles. The molecule has 300 valence electrons. The first-order valence-electron chi connectivity index (χ1n) is 22.8. The lowest BCUT2D eigenvalue weighted by atomic mass is 9.65. The van der Waals surface area contributed by atoms with E-state index in [1.54, 1.807) is 0 Å². The summed E-state index contributed by atoms with van der Waals surface area (Å²) in [4.78, 5) is 0. The van der Waals surface area contributed by atoms with Gasteiger partial charge in [-0.05, 0) is 129 Å². The van der Waals surface area contributed by atoms with E-state index >= 15 is 0 Å². The van der Waals surface area contributed by atoms with Crippen LogP contribution >= 0.6 is 0 Å². The second-order valence-corrected chi connectivity index (χ2v) is 18.1. The normalized spacial score (nSPS) is 16.0. The van der Waals surface area contributed by atoms with Crippen LogP contribution in [-0.2, 0) is 10.8 Å². The Bertz CT molecular complexity index is 3840. The maximum Gasteiger partial charge on any atom is 0.140 e. The SMILES string of the molecule is c1ccc2c(c1)Oc1c(cc(-c3ccccc3-c3cccc4c3-c3ccccc3C43c4ccccc4-c4cc5ccccc5cc43)c3ccccc13)C21c2ccccc2-c2ccccc21. The van der Waals surface area contributed by atoms with Crippen molar-refractivity contribution in [1.29, 1.82) is 0 Å². The van der Waals surface area contributed by atoms with E-state index in [2.05, 4.69) is 231 Å². The lowest BCUT2D eigenvalue weighted by Crippen LogP contribution is -2.32. The van der Waals surface area contributed by atoms with Gasteiger partial charge in [0.1, 0.15) is 11.5 Å². The van der Waals surface area contributed by atoms with E-state index in [-0.39, 0.29) is 0 Å². The monoisotopic (exact) mass is 822 g/mol. The highest BCUT2D eigenvalue weighted by molar-refractivity contribution is 6.09. The summed E-state index contributed by atoms with van der Waals surface area (Å²) in [7, 11) is 0. The molecule has 4 aliphatic rings. The summed E-state index contributed by atoms with van der Waals surface area (Å²) in [5.74, 6) is 1.83. The van der Waals surface area contributed by atoms with Crippen molar-refractivity contribution in [3.05, 3.63) is 275 Å². The summed E-state index contributed by atoms with van der Waals surface area (Å²) in [6.45, 7) is 0. The van der Waals surface area contributed by atoms with Gasteiger partial charge in [0.25, 0.3) is 0 Å². The molecular weight excluding hydrogens is 785 g/mol. The van der Waals surface area contributed by atoms with Crippen LogP contribution in [0.1, 0.15) is 44.5 Å². The number of ether oxygens (including phenoxy) is 1. The molecule has 1 aliphatic heterocycles. The Labute approximate surface area is 377 Å². The van der Waals surface area contributed by atoms with Crippen molar-refractivity contribution in [3.8, 4) is 67.1 Å². The van der Waals surface area contributed by atoms with Gasteiger partial charge in [0, 0.05) is 16.5 Å². The highest BCUT2D eigenvalue weighted by Gasteiger charge is 2.53. The predicted octanol–water partition coefficient (Wildman–Crippen LogP) is 16.1. The van der Waals surface area contributed by atoms with E-state index in [0.29, 0.717) is 0 Å². The molecular formula is C64H38O. The quantitative estimate of drug-likeness (QED) is 0.169. The van der Waals surface area contributed by atoms with Gasteiger partial charge >= 0.3 is 0 Å². The van der Waals surface area contributed by atoms with Crippen molar-refractivity contribution in [2.75, 3.05) is 0 Å². The zero-order chi connectivity index (χ0) is 42.4. The molecule has 2 spiro atoms. The molecule has 0 bridgehead atoms. The summed E-state index contributed by atoms with van der Waals surface area (Å²) in [6, 6.07) is 86.3. The number of fused-ring (bicyclic) bond motifs is 22. The molecule has 0 saturated heterocycles. The van der Waals surface area contributed by atoms with E-state index < -0.39 is 10.8 Å². The fourth-order valence-corrected chi connectivity index (χ4v) is 12.9. The molecule has 1 heteroatoms. The van der Waals surface area contributed by atoms with Crippen LogP contribution in [0, 0.1) is 0 Å². The largest absolute Gasteiger partial charge is 0.456 e. The van der Waals surface area contributed by atoms with Crippen LogP contribution in [0.15, 0.2) is 231 Å². The van der Waals surface area contributed by atoms with Gasteiger partial charge in [0.2, 0.25) is 0 Å². The fraction of sp³-hybridized carbons (Fsp3) is 0.0312. The van der Waals surface area contributed by atoms with Gasteiger partial charge in [-0.3, -0.25) is 0 Å². The molecule has 11 aromatic rings. The Morgan fingerprint density at radius 1 is 0.246 bits per heavy atom. The zero-order valence-corrected chi connectivity index (χ0v) is 35.3. The maximum atomic E-state index is 7.15. The number of para-hydroxylation sites is 1. The van der Waals surface area contributed by atoms with Crippen molar-refractivity contribution in [3.63, 3.8) is 0 Å². The minimum Gasteiger partial charge on any atom is -0.456 e. The summed E-state index contributed by atoms with van der Waals surface area (Å²) >= 11 is 0. The van der Waals surface area contributed by atoms with E-state index in [1.165, 1.54) is 116 Å². The second-order valence-electron chi connectivity index (χ2n) is 18.1. The number of benzene rings is 11. The number of hydrogen-bond donors (Lipinski definition) is 0. The standard InChI is InChI=1S/C64H38O/c1-2-19-40-37-58-51(36-39(40)18-1)46-25-9-13-31-54(46)64(58)55-32-14-10-27-49(55)61-47(28-17-34-57(61)64)41-20-3-4-21-42(41)50-38-59-62(48-26-6-5-22-43(48)50)65-60-35-16-15-33-56(60)63(59)52-29-11-7-23-44(52)45-24-8-12-30-53(45)63/h1-38H. The van der Waals surface area contributed by atoms with Crippen molar-refractivity contribution >= 4 is 21.5 Å². The van der Waals surface area contributed by atoms with E-state index in [9.17, 15) is 0 Å². The molecule has 0 saturated carbocycles. The Morgan fingerprint density at radius 2 is 0.692 bits per heavy atom. The van der Waals surface area contributed by atoms with Crippen LogP contribution < -0.4 is 4.74 Å². The summed E-state index contributed by atoms with van der Waals surface area (Å²) < 4.78 is 7.15. The van der Waals surface area contributed by atoms with Crippen molar-refractivity contribution in [1.82, 2.24) is 0 Å². The van der Waals surface area contributed by atoms with E-state index in [4.69, 9.17) is 4.74 Å². The number of rotatable bonds is 2. The van der Waals surface area contributed by atoms with Gasteiger partial charge in [-0.2, -0.15) is 0 Å². The van der Waals surface area contributed by atoms with Crippen LogP contribution in [-0.4, -0.2) is 0 Å². The van der Waals surface area contributed by atoms with Crippen LogP contribution in [0.5, 0.6) is 11.5 Å². The molecule has 0 amide bonds. The first-order chi connectivity index (χ1) is 32.3. The molecule has 1 unspecified atom stereocenters. The molecule has 1 heterocycles. The summed E-state index contributed by atoms with van der Waals surface area (Å²) in [5.41, 5.74) is 21.9. The summed E-state index contributed by atoms with van der Waals surface area (Å²) in [5, 5.41) is 4.81. The van der Waals surface area contributed by atoms with Crippen molar-refractivity contribution < 1.29 is 4.74 Å². The first kappa shape index (κ1) is 35.2. The Kier molecular flexibility index (Phi) is 6.88. The third-order valence-electron chi connectivity index (χ3n) is 15.3. The lowest BCUT2D eigenvalue weighted by Gasteiger charge is -2.40. The van der Waals surface area contributed by atoms with E-state index in [0.717, 1.165) is 16.9 Å². The molecule has 11 aromatic carbocycles. The van der Waals surface area contributed by atoms with Gasteiger partial charge in [0.05, 0.1) is 10.8 Å². The Morgan fingerprint density at radius 3 is 1.37 bits per heavy atom. The number of hydrogen-bond acceptors (Lipinski definition) is 1. The van der Waals surface area contributed by atoms with Gasteiger partial charge in [0.15, 0.2) is 0 Å². The maximum absolute atomic E-state index is 7.15. The highest BCUT2D eigenvalue weighted by atomic mass is 16.5. The third-order valence-corrected chi connectivity index (χ3v) is 15.3. The second kappa shape index (κ2) is 12.7. The smallest absolute Gasteiger partial charge is 0.140 e. The van der Waals surface area contributed by atoms with Gasteiger partial charge in [-0.25, -0.2) is 0 Å². The van der Waals surface area contributed by atoms with E-state index in [1.807, 2.05) is 0 Å². The average Bonchev–Trinajstić information content (AvgIpc) is 3.96. The minimum atomic E-state index is -0.585. The van der Waals surface area contributed by atoms with Gasteiger partial charge < -0.3 is 4.74 Å². The zero-order valence-electron chi connectivity index (χ0n) is 35.3. The molecule has 0 fully saturated rings. The third kappa shape index (κ3) is 4.29. The Hall–Kier alpha value is -8.26. The molecule has 0 radical (unpaired) electrons. The topological polar surface area (TPSA) is 9.23 Å². The van der Waals surface area contributed by atoms with Crippen LogP contribution in [0.3, 0.4) is 0 Å². The fourth-order valence-electron chi connectivity index (χ4n) is 12.9.